The molecule has 0 spiro atoms. The highest BCUT2D eigenvalue weighted by atomic mass is 16.3. The largest absolute Gasteiger partial charge is 0.468 e. The van der Waals surface area contributed by atoms with Crippen LogP contribution in [0.1, 0.15) is 197 Å². The summed E-state index contributed by atoms with van der Waals surface area (Å²) in [5, 5.41) is 1.15. The van der Waals surface area contributed by atoms with Crippen LogP contribution in [0.5, 0.6) is 0 Å². The summed E-state index contributed by atoms with van der Waals surface area (Å²) in [6, 6.07) is 37.2. The molecular formula is C68H79BN2O. The maximum absolute atomic E-state index is 8.35. The summed E-state index contributed by atoms with van der Waals surface area (Å²) in [5.41, 5.74) is 24.6. The molecule has 0 saturated heterocycles. The minimum Gasteiger partial charge on any atom is -0.468 e. The molecule has 0 fully saturated rings. The number of hydrogen-bond donors (Lipinski definition) is 0. The number of fused-ring (bicyclic) bond motifs is 9. The highest BCUT2D eigenvalue weighted by Crippen LogP contribution is 2.56. The Balaban J connectivity index is 1.23. The number of aryl methyl sites for hydroxylation is 2. The third kappa shape index (κ3) is 6.95. The van der Waals surface area contributed by atoms with Crippen molar-refractivity contribution < 1.29 is 8.53 Å². The Morgan fingerprint density at radius 3 is 1.58 bits per heavy atom. The van der Waals surface area contributed by atoms with Crippen LogP contribution in [-0.4, -0.2) is 6.71 Å². The molecule has 0 amide bonds. The van der Waals surface area contributed by atoms with Crippen molar-refractivity contribution in [2.75, 3.05) is 9.80 Å². The first-order valence-electron chi connectivity index (χ1n) is 28.7. The quantitative estimate of drug-likeness (QED) is 0.165. The molecule has 0 saturated carbocycles. The van der Waals surface area contributed by atoms with Crippen LogP contribution in [0.4, 0.5) is 34.1 Å². The molecule has 0 radical (unpaired) electrons. The third-order valence-corrected chi connectivity index (χ3v) is 19.1. The Labute approximate surface area is 437 Å². The van der Waals surface area contributed by atoms with Gasteiger partial charge in [0.25, 0.3) is 6.71 Å². The lowest BCUT2D eigenvalue weighted by atomic mass is 9.35. The van der Waals surface area contributed by atoms with E-state index in [0.717, 1.165) is 89.0 Å². The summed E-state index contributed by atoms with van der Waals surface area (Å²) in [6.07, 6.45) is 6.68. The highest BCUT2D eigenvalue weighted by molar-refractivity contribution is 7.00. The number of benzene rings is 6. The maximum atomic E-state index is 8.35. The molecule has 370 valence electrons. The van der Waals surface area contributed by atoms with Crippen molar-refractivity contribution in [3.8, 4) is 11.1 Å². The third-order valence-electron chi connectivity index (χ3n) is 19.1. The van der Waals surface area contributed by atoms with Crippen molar-refractivity contribution >= 4 is 68.4 Å². The van der Waals surface area contributed by atoms with Crippen LogP contribution in [0.2, 0.25) is 0 Å². The molecule has 0 unspecified atom stereocenters. The number of rotatable bonds is 3. The van der Waals surface area contributed by atoms with Gasteiger partial charge in [-0.05, 0) is 206 Å². The standard InChI is InChI=1S/C68H79BN2O/c1-40-18-20-42(21-19-40)45-36-49-51(67(14,15)30-28-65(49,10)11)38-54(45)71-55-39-52-50(66(12,13)29-31-68(52,16)17)37-53(55)69-59-56(32-41(2)33-57(59)71)70(44-23-24-47-48(35-44)64(8,9)27-26-63(47,6)7)60-46-34-43(62(3,4)5)22-25-58(46)72-61(60)69/h18-25,32-39H,26-31H2,1-17H3/i1D3. The molecular weight excluding hydrogens is 872 g/mol. The smallest absolute Gasteiger partial charge is 0.297 e. The first kappa shape index (κ1) is 44.0. The molecule has 3 aliphatic carbocycles. The SMILES string of the molecule is [2H]C([2H])([2H])c1ccc(-c2cc3c(cc2N2c4cc5c(cc4B4c6oc7ccc(C(C)(C)C)cc7c6N(c6ccc7c(c6)C(C)(C)CCC7(C)C)c6cc(C)cc2c64)C(C)(C)CCC5(C)C)C(C)(C)CCC3(C)C)cc1. The topological polar surface area (TPSA) is 19.6 Å². The van der Waals surface area contributed by atoms with Gasteiger partial charge in [0, 0.05) is 37.8 Å². The fourth-order valence-electron chi connectivity index (χ4n) is 14.1. The minimum absolute atomic E-state index is 0.00815. The van der Waals surface area contributed by atoms with E-state index < -0.39 is 6.85 Å². The van der Waals surface area contributed by atoms with Gasteiger partial charge in [0.05, 0.1) is 17.0 Å². The summed E-state index contributed by atoms with van der Waals surface area (Å²) < 4.78 is 32.6. The van der Waals surface area contributed by atoms with Crippen LogP contribution in [0.25, 0.3) is 22.1 Å². The van der Waals surface area contributed by atoms with E-state index in [1.807, 2.05) is 12.1 Å². The number of furan rings is 1. The van der Waals surface area contributed by atoms with E-state index in [-0.39, 0.29) is 44.6 Å². The molecule has 4 heteroatoms. The van der Waals surface area contributed by atoms with Crippen LogP contribution >= 0.6 is 0 Å². The average molecular weight is 954 g/mol. The fraction of sp³-hybridized carbons (Fsp3) is 0.441. The van der Waals surface area contributed by atoms with Gasteiger partial charge in [0.2, 0.25) is 0 Å². The van der Waals surface area contributed by atoms with Gasteiger partial charge in [-0.15, -0.1) is 0 Å². The van der Waals surface area contributed by atoms with E-state index in [0.29, 0.717) is 5.56 Å². The van der Waals surface area contributed by atoms with Crippen molar-refractivity contribution in [3.63, 3.8) is 0 Å². The Kier molecular flexibility index (Phi) is 9.22. The van der Waals surface area contributed by atoms with Gasteiger partial charge in [-0.2, -0.15) is 0 Å². The zero-order valence-electron chi connectivity index (χ0n) is 49.4. The second-order valence-corrected chi connectivity index (χ2v) is 28.1. The highest BCUT2D eigenvalue weighted by Gasteiger charge is 2.50. The zero-order valence-corrected chi connectivity index (χ0v) is 46.4. The molecule has 5 aliphatic rings. The molecule has 7 aromatic rings. The molecule has 2 aliphatic heterocycles. The second-order valence-electron chi connectivity index (χ2n) is 28.1. The lowest BCUT2D eigenvalue weighted by Crippen LogP contribution is -2.61. The van der Waals surface area contributed by atoms with E-state index >= 15 is 0 Å². The Morgan fingerprint density at radius 1 is 0.500 bits per heavy atom. The number of nitrogens with zero attached hydrogens (tertiary/aromatic N) is 2. The van der Waals surface area contributed by atoms with E-state index in [4.69, 9.17) is 8.53 Å². The first-order valence-corrected chi connectivity index (χ1v) is 27.2. The molecule has 0 N–H and O–H groups in total. The predicted octanol–water partition coefficient (Wildman–Crippen LogP) is 17.1. The Hall–Kier alpha value is -5.48. The molecule has 3 nitrogen and oxygen atoms in total. The van der Waals surface area contributed by atoms with Gasteiger partial charge in [-0.1, -0.05) is 152 Å². The Morgan fingerprint density at radius 2 is 1.01 bits per heavy atom. The molecule has 6 aromatic carbocycles. The van der Waals surface area contributed by atoms with Crippen LogP contribution in [0.3, 0.4) is 0 Å². The Bertz CT molecular complexity index is 3560. The van der Waals surface area contributed by atoms with Crippen molar-refractivity contribution in [3.05, 3.63) is 147 Å². The average Bonchev–Trinajstić information content (AvgIpc) is 3.78. The van der Waals surface area contributed by atoms with Crippen molar-refractivity contribution in [2.24, 2.45) is 0 Å². The normalized spacial score (nSPS) is 21.1. The van der Waals surface area contributed by atoms with Gasteiger partial charge in [-0.25, -0.2) is 0 Å². The van der Waals surface area contributed by atoms with E-state index in [2.05, 4.69) is 206 Å². The van der Waals surface area contributed by atoms with Gasteiger partial charge >= 0.3 is 0 Å². The van der Waals surface area contributed by atoms with Crippen molar-refractivity contribution in [1.29, 1.82) is 0 Å². The van der Waals surface area contributed by atoms with Gasteiger partial charge < -0.3 is 14.2 Å². The molecule has 1 aromatic heterocycles. The molecule has 12 rings (SSSR count). The van der Waals surface area contributed by atoms with E-state index in [1.165, 1.54) is 66.8 Å². The number of hydrogen-bond acceptors (Lipinski definition) is 3. The van der Waals surface area contributed by atoms with Crippen molar-refractivity contribution in [2.45, 2.75) is 194 Å². The van der Waals surface area contributed by atoms with Gasteiger partial charge in [0.15, 0.2) is 0 Å². The zero-order chi connectivity index (χ0) is 53.7. The van der Waals surface area contributed by atoms with E-state index in [9.17, 15) is 0 Å². The first-order chi connectivity index (χ1) is 34.8. The fourth-order valence-corrected chi connectivity index (χ4v) is 14.1. The van der Waals surface area contributed by atoms with Crippen LogP contribution in [0, 0.1) is 13.8 Å². The summed E-state index contributed by atoms with van der Waals surface area (Å²) in [4.78, 5) is 5.23. The van der Waals surface area contributed by atoms with Gasteiger partial charge in [-0.3, -0.25) is 0 Å². The summed E-state index contributed by atoms with van der Waals surface area (Å²) in [6.45, 7) is 36.0. The molecule has 0 atom stereocenters. The van der Waals surface area contributed by atoms with E-state index in [1.54, 1.807) is 0 Å². The monoisotopic (exact) mass is 954 g/mol. The molecule has 3 heterocycles. The molecule has 0 bridgehead atoms. The van der Waals surface area contributed by atoms with Gasteiger partial charge in [0.1, 0.15) is 5.58 Å². The minimum atomic E-state index is -2.20. The van der Waals surface area contributed by atoms with Crippen molar-refractivity contribution in [1.82, 2.24) is 0 Å². The lowest BCUT2D eigenvalue weighted by Gasteiger charge is -2.48. The number of anilines is 6. The maximum Gasteiger partial charge on any atom is 0.297 e. The lowest BCUT2D eigenvalue weighted by molar-refractivity contribution is 0.332. The van der Waals surface area contributed by atoms with Crippen LogP contribution < -0.4 is 26.4 Å². The summed E-state index contributed by atoms with van der Waals surface area (Å²) in [7, 11) is 0. The second kappa shape index (κ2) is 15.1. The van der Waals surface area contributed by atoms with Crippen LogP contribution in [0.15, 0.2) is 101 Å². The summed E-state index contributed by atoms with van der Waals surface area (Å²) in [5.74, 6) is 0. The molecule has 72 heavy (non-hydrogen) atoms. The van der Waals surface area contributed by atoms with Crippen LogP contribution in [-0.2, 0) is 37.9 Å². The summed E-state index contributed by atoms with van der Waals surface area (Å²) >= 11 is 0. The predicted molar refractivity (Wildman–Crippen MR) is 310 cm³/mol.